The molecule has 1 aliphatic carbocycles. The van der Waals surface area contributed by atoms with Gasteiger partial charge >= 0.3 is 0 Å². The average Bonchev–Trinajstić information content (AvgIpc) is 3.33. The van der Waals surface area contributed by atoms with Crippen molar-refractivity contribution in [3.05, 3.63) is 24.3 Å². The zero-order chi connectivity index (χ0) is 14.9. The van der Waals surface area contributed by atoms with Crippen molar-refractivity contribution in [3.63, 3.8) is 0 Å². The Morgan fingerprint density at radius 1 is 1.10 bits per heavy atom. The van der Waals surface area contributed by atoms with Gasteiger partial charge < -0.3 is 4.74 Å². The van der Waals surface area contributed by atoms with E-state index in [1.54, 1.807) is 28.6 Å². The van der Waals surface area contributed by atoms with Crippen molar-refractivity contribution < 1.29 is 13.2 Å². The molecule has 1 saturated heterocycles. The largest absolute Gasteiger partial charge is 0.494 e. The first-order valence-electron chi connectivity index (χ1n) is 7.58. The fourth-order valence-electron chi connectivity index (χ4n) is 2.77. The summed E-state index contributed by atoms with van der Waals surface area (Å²) in [4.78, 5) is 2.76. The minimum absolute atomic E-state index is 0.353. The second-order valence-corrected chi connectivity index (χ2v) is 7.51. The van der Waals surface area contributed by atoms with Gasteiger partial charge in [-0.15, -0.1) is 0 Å². The second kappa shape index (κ2) is 5.94. The highest BCUT2D eigenvalue weighted by Crippen LogP contribution is 2.28. The fourth-order valence-corrected chi connectivity index (χ4v) is 4.19. The molecule has 1 aliphatic heterocycles. The second-order valence-electron chi connectivity index (χ2n) is 5.58. The van der Waals surface area contributed by atoms with E-state index in [1.807, 2.05) is 6.92 Å². The molecule has 21 heavy (non-hydrogen) atoms. The molecule has 1 aromatic carbocycles. The minimum atomic E-state index is -3.37. The van der Waals surface area contributed by atoms with Crippen LogP contribution in [0.3, 0.4) is 0 Å². The Labute approximate surface area is 126 Å². The van der Waals surface area contributed by atoms with Gasteiger partial charge in [-0.05, 0) is 44.0 Å². The predicted octanol–water partition coefficient (Wildman–Crippen LogP) is 1.55. The van der Waals surface area contributed by atoms with Gasteiger partial charge in [-0.3, -0.25) is 4.90 Å². The third-order valence-corrected chi connectivity index (χ3v) is 6.02. The van der Waals surface area contributed by atoms with Crippen LogP contribution in [-0.2, 0) is 10.0 Å². The molecular formula is C15H22N2O3S. The number of rotatable bonds is 5. The zero-order valence-corrected chi connectivity index (χ0v) is 13.2. The molecule has 2 aliphatic rings. The van der Waals surface area contributed by atoms with E-state index in [9.17, 15) is 8.42 Å². The maximum atomic E-state index is 12.6. The monoisotopic (exact) mass is 310 g/mol. The Balaban J connectivity index is 1.68. The van der Waals surface area contributed by atoms with E-state index in [4.69, 9.17) is 4.74 Å². The number of sulfonamides is 1. The van der Waals surface area contributed by atoms with E-state index in [1.165, 1.54) is 12.8 Å². The number of benzene rings is 1. The highest BCUT2D eigenvalue weighted by atomic mass is 32.2. The number of piperazine rings is 1. The third-order valence-electron chi connectivity index (χ3n) is 4.11. The van der Waals surface area contributed by atoms with E-state index >= 15 is 0 Å². The molecule has 0 bridgehead atoms. The van der Waals surface area contributed by atoms with Gasteiger partial charge in [-0.1, -0.05) is 0 Å². The summed E-state index contributed by atoms with van der Waals surface area (Å²) in [6.07, 6.45) is 2.54. The first-order valence-corrected chi connectivity index (χ1v) is 9.02. The summed E-state index contributed by atoms with van der Waals surface area (Å²) < 4.78 is 32.2. The maximum absolute atomic E-state index is 12.6. The summed E-state index contributed by atoms with van der Waals surface area (Å²) in [6, 6.07) is 7.41. The highest BCUT2D eigenvalue weighted by Gasteiger charge is 2.34. The SMILES string of the molecule is CCOc1ccc(S(=O)(=O)N2CCN(C3CC3)CC2)cc1. The van der Waals surface area contributed by atoms with Crippen LogP contribution in [0.1, 0.15) is 19.8 Å². The van der Waals surface area contributed by atoms with Crippen molar-refractivity contribution in [3.8, 4) is 5.75 Å². The van der Waals surface area contributed by atoms with Crippen LogP contribution in [0.25, 0.3) is 0 Å². The predicted molar refractivity (Wildman–Crippen MR) is 81.0 cm³/mol. The number of ether oxygens (including phenoxy) is 1. The lowest BCUT2D eigenvalue weighted by Crippen LogP contribution is -2.49. The van der Waals surface area contributed by atoms with E-state index in [0.29, 0.717) is 36.4 Å². The van der Waals surface area contributed by atoms with Crippen molar-refractivity contribution >= 4 is 10.0 Å². The normalized spacial score (nSPS) is 21.4. The number of hydrogen-bond donors (Lipinski definition) is 0. The average molecular weight is 310 g/mol. The smallest absolute Gasteiger partial charge is 0.243 e. The topological polar surface area (TPSA) is 49.9 Å². The van der Waals surface area contributed by atoms with E-state index < -0.39 is 10.0 Å². The lowest BCUT2D eigenvalue weighted by Gasteiger charge is -2.34. The van der Waals surface area contributed by atoms with Gasteiger partial charge in [0.25, 0.3) is 0 Å². The molecule has 0 radical (unpaired) electrons. The van der Waals surface area contributed by atoms with Crippen molar-refractivity contribution in [2.24, 2.45) is 0 Å². The number of hydrogen-bond acceptors (Lipinski definition) is 4. The first kappa shape index (κ1) is 14.8. The molecule has 6 heteroatoms. The van der Waals surface area contributed by atoms with Crippen LogP contribution < -0.4 is 4.74 Å². The molecule has 3 rings (SSSR count). The van der Waals surface area contributed by atoms with Gasteiger partial charge in [0.2, 0.25) is 10.0 Å². The molecule has 0 N–H and O–H groups in total. The van der Waals surface area contributed by atoms with Crippen LogP contribution in [0, 0.1) is 0 Å². The van der Waals surface area contributed by atoms with Gasteiger partial charge in [0.1, 0.15) is 5.75 Å². The molecule has 5 nitrogen and oxygen atoms in total. The molecule has 0 aromatic heterocycles. The Hall–Kier alpha value is -1.11. The van der Waals surface area contributed by atoms with Gasteiger partial charge in [-0.2, -0.15) is 4.31 Å². The van der Waals surface area contributed by atoms with Gasteiger partial charge in [-0.25, -0.2) is 8.42 Å². The fraction of sp³-hybridized carbons (Fsp3) is 0.600. The van der Waals surface area contributed by atoms with Crippen molar-refractivity contribution in [1.29, 1.82) is 0 Å². The van der Waals surface area contributed by atoms with Crippen LogP contribution in [-0.4, -0.2) is 56.5 Å². The van der Waals surface area contributed by atoms with Crippen LogP contribution in [0.5, 0.6) is 5.75 Å². The van der Waals surface area contributed by atoms with E-state index in [0.717, 1.165) is 13.1 Å². The molecule has 1 aromatic rings. The third kappa shape index (κ3) is 3.22. The van der Waals surface area contributed by atoms with Gasteiger partial charge in [0.05, 0.1) is 11.5 Å². The summed E-state index contributed by atoms with van der Waals surface area (Å²) in [5, 5.41) is 0. The quantitative estimate of drug-likeness (QED) is 0.828. The Morgan fingerprint density at radius 2 is 1.71 bits per heavy atom. The van der Waals surface area contributed by atoms with Crippen LogP contribution in [0.4, 0.5) is 0 Å². The molecule has 1 saturated carbocycles. The summed E-state index contributed by atoms with van der Waals surface area (Å²) in [6.45, 7) is 5.36. The Morgan fingerprint density at radius 3 is 2.24 bits per heavy atom. The van der Waals surface area contributed by atoms with E-state index in [2.05, 4.69) is 4.90 Å². The molecule has 0 atom stereocenters. The van der Waals surface area contributed by atoms with Crippen LogP contribution >= 0.6 is 0 Å². The Bertz CT molecular complexity index is 573. The lowest BCUT2D eigenvalue weighted by atomic mass is 10.3. The van der Waals surface area contributed by atoms with Crippen molar-refractivity contribution in [2.75, 3.05) is 32.8 Å². The highest BCUT2D eigenvalue weighted by molar-refractivity contribution is 7.89. The molecule has 0 spiro atoms. The first-order chi connectivity index (χ1) is 10.1. The maximum Gasteiger partial charge on any atom is 0.243 e. The zero-order valence-electron chi connectivity index (χ0n) is 12.4. The summed E-state index contributed by atoms with van der Waals surface area (Å²) in [7, 11) is -3.37. The molecule has 0 amide bonds. The molecule has 1 heterocycles. The molecule has 2 fully saturated rings. The van der Waals surface area contributed by atoms with Gasteiger partial charge in [0.15, 0.2) is 0 Å². The standard InChI is InChI=1S/C15H22N2O3S/c1-2-20-14-5-7-15(8-6-14)21(18,19)17-11-9-16(10-12-17)13-3-4-13/h5-8,13H,2-4,9-12H2,1H3. The molecule has 116 valence electrons. The van der Waals surface area contributed by atoms with Crippen LogP contribution in [0.15, 0.2) is 29.2 Å². The summed E-state index contributed by atoms with van der Waals surface area (Å²) >= 11 is 0. The number of nitrogens with zero attached hydrogens (tertiary/aromatic N) is 2. The Kier molecular flexibility index (Phi) is 4.19. The summed E-state index contributed by atoms with van der Waals surface area (Å²) in [5.41, 5.74) is 0. The molecular weight excluding hydrogens is 288 g/mol. The van der Waals surface area contributed by atoms with Crippen molar-refractivity contribution in [1.82, 2.24) is 9.21 Å². The summed E-state index contributed by atoms with van der Waals surface area (Å²) in [5.74, 6) is 0.704. The molecule has 0 unspecified atom stereocenters. The van der Waals surface area contributed by atoms with E-state index in [-0.39, 0.29) is 0 Å². The van der Waals surface area contributed by atoms with Crippen molar-refractivity contribution in [2.45, 2.75) is 30.7 Å². The van der Waals surface area contributed by atoms with Crippen LogP contribution in [0.2, 0.25) is 0 Å². The minimum Gasteiger partial charge on any atom is -0.494 e. The van der Waals surface area contributed by atoms with Gasteiger partial charge in [0, 0.05) is 32.2 Å². The lowest BCUT2D eigenvalue weighted by molar-refractivity contribution is 0.180.